The predicted octanol–water partition coefficient (Wildman–Crippen LogP) is 5.13. The van der Waals surface area contributed by atoms with Crippen LogP contribution in [-0.2, 0) is 0 Å². The average Bonchev–Trinajstić information content (AvgIpc) is 2.63. The highest BCUT2D eigenvalue weighted by atomic mass is 16.3. The van der Waals surface area contributed by atoms with Gasteiger partial charge in [0.1, 0.15) is 11.3 Å². The minimum Gasteiger partial charge on any atom is -0.455 e. The Kier molecular flexibility index (Phi) is 3.28. The smallest absolute Gasteiger partial charge is 0.201 e. The highest BCUT2D eigenvalue weighted by Crippen LogP contribution is 2.32. The minimum absolute atomic E-state index is 0.00287. The highest BCUT2D eigenvalue weighted by Gasteiger charge is 2.17. The molecule has 3 aromatic carbocycles. The number of fused-ring (bicyclic) bond motifs is 1. The van der Waals surface area contributed by atoms with Crippen molar-refractivity contribution in [1.29, 1.82) is 0 Å². The lowest BCUT2D eigenvalue weighted by Crippen LogP contribution is -2.07. The van der Waals surface area contributed by atoms with Crippen molar-refractivity contribution in [3.8, 4) is 22.5 Å². The lowest BCUT2D eigenvalue weighted by Gasteiger charge is -2.10. The molecular formula is C21H14O2. The fourth-order valence-electron chi connectivity index (χ4n) is 2.80. The average molecular weight is 298 g/mol. The maximum Gasteiger partial charge on any atom is 0.201 e. The number of para-hydroxylation sites is 1. The van der Waals surface area contributed by atoms with Gasteiger partial charge in [0.2, 0.25) is 5.43 Å². The Bertz CT molecular complexity index is 1020. The minimum atomic E-state index is -0.00287. The van der Waals surface area contributed by atoms with Crippen LogP contribution < -0.4 is 5.43 Å². The van der Waals surface area contributed by atoms with Crippen LogP contribution in [0.5, 0.6) is 0 Å². The summed E-state index contributed by atoms with van der Waals surface area (Å²) in [5, 5.41) is 0.603. The van der Waals surface area contributed by atoms with Gasteiger partial charge in [0.15, 0.2) is 0 Å². The van der Waals surface area contributed by atoms with Gasteiger partial charge < -0.3 is 4.42 Å². The molecule has 23 heavy (non-hydrogen) atoms. The van der Waals surface area contributed by atoms with E-state index in [0.717, 1.165) is 11.1 Å². The summed E-state index contributed by atoms with van der Waals surface area (Å²) >= 11 is 0. The molecule has 1 heterocycles. The molecule has 2 heteroatoms. The summed E-state index contributed by atoms with van der Waals surface area (Å²) in [6.07, 6.45) is 0. The summed E-state index contributed by atoms with van der Waals surface area (Å²) in [7, 11) is 0. The number of hydrogen-bond donors (Lipinski definition) is 0. The van der Waals surface area contributed by atoms with Gasteiger partial charge >= 0.3 is 0 Å². The predicted molar refractivity (Wildman–Crippen MR) is 93.4 cm³/mol. The van der Waals surface area contributed by atoms with Gasteiger partial charge in [0.25, 0.3) is 0 Å². The molecule has 110 valence electrons. The Hall–Kier alpha value is -3.13. The van der Waals surface area contributed by atoms with Crippen LogP contribution in [-0.4, -0.2) is 0 Å². The van der Waals surface area contributed by atoms with Crippen molar-refractivity contribution in [1.82, 2.24) is 0 Å². The van der Waals surface area contributed by atoms with Gasteiger partial charge in [-0.3, -0.25) is 4.79 Å². The molecule has 0 aliphatic rings. The molecule has 0 saturated heterocycles. The normalized spacial score (nSPS) is 10.8. The van der Waals surface area contributed by atoms with Crippen LogP contribution >= 0.6 is 0 Å². The molecule has 0 saturated carbocycles. The highest BCUT2D eigenvalue weighted by molar-refractivity contribution is 5.88. The first kappa shape index (κ1) is 13.5. The monoisotopic (exact) mass is 298 g/mol. The Balaban J connectivity index is 2.14. The zero-order chi connectivity index (χ0) is 15.6. The molecule has 0 amide bonds. The molecule has 2 nitrogen and oxygen atoms in total. The first-order chi connectivity index (χ1) is 11.3. The Labute approximate surface area is 133 Å². The van der Waals surface area contributed by atoms with E-state index in [1.165, 1.54) is 0 Å². The largest absolute Gasteiger partial charge is 0.455 e. The molecule has 0 aliphatic heterocycles. The molecule has 0 atom stereocenters. The second kappa shape index (κ2) is 5.58. The van der Waals surface area contributed by atoms with E-state index in [0.29, 0.717) is 22.3 Å². The fourth-order valence-corrected chi connectivity index (χ4v) is 2.80. The Morgan fingerprint density at radius 1 is 0.609 bits per heavy atom. The lowest BCUT2D eigenvalue weighted by atomic mass is 9.98. The van der Waals surface area contributed by atoms with E-state index in [1.807, 2.05) is 84.9 Å². The quantitative estimate of drug-likeness (QED) is 0.513. The zero-order valence-corrected chi connectivity index (χ0v) is 12.4. The third-order valence-corrected chi connectivity index (χ3v) is 3.90. The summed E-state index contributed by atoms with van der Waals surface area (Å²) in [4.78, 5) is 13.1. The van der Waals surface area contributed by atoms with Gasteiger partial charge in [-0.05, 0) is 17.7 Å². The topological polar surface area (TPSA) is 30.2 Å². The molecule has 0 N–H and O–H groups in total. The third kappa shape index (κ3) is 2.34. The molecular weight excluding hydrogens is 284 g/mol. The van der Waals surface area contributed by atoms with Gasteiger partial charge in [-0.1, -0.05) is 72.8 Å². The maximum atomic E-state index is 13.1. The van der Waals surface area contributed by atoms with Crippen LogP contribution in [0.4, 0.5) is 0 Å². The van der Waals surface area contributed by atoms with Crippen molar-refractivity contribution < 1.29 is 4.42 Å². The fraction of sp³-hybridized carbons (Fsp3) is 0. The van der Waals surface area contributed by atoms with Crippen LogP contribution in [0, 0.1) is 0 Å². The molecule has 0 unspecified atom stereocenters. The Morgan fingerprint density at radius 3 is 1.87 bits per heavy atom. The molecule has 0 aliphatic carbocycles. The molecule has 0 radical (unpaired) electrons. The molecule has 0 fully saturated rings. The summed E-state index contributed by atoms with van der Waals surface area (Å²) in [6, 6.07) is 26.8. The second-order valence-corrected chi connectivity index (χ2v) is 5.36. The van der Waals surface area contributed by atoms with E-state index in [2.05, 4.69) is 0 Å². The van der Waals surface area contributed by atoms with Crippen molar-refractivity contribution in [3.05, 3.63) is 95.2 Å². The molecule has 4 rings (SSSR count). The van der Waals surface area contributed by atoms with Crippen molar-refractivity contribution in [2.75, 3.05) is 0 Å². The van der Waals surface area contributed by atoms with Gasteiger partial charge in [-0.25, -0.2) is 0 Å². The summed E-state index contributed by atoms with van der Waals surface area (Å²) in [5.74, 6) is 0.612. The van der Waals surface area contributed by atoms with Gasteiger partial charge in [-0.15, -0.1) is 0 Å². The maximum absolute atomic E-state index is 13.1. The van der Waals surface area contributed by atoms with Gasteiger partial charge in [0.05, 0.1) is 10.9 Å². The first-order valence-electron chi connectivity index (χ1n) is 7.51. The van der Waals surface area contributed by atoms with E-state index in [4.69, 9.17) is 4.42 Å². The molecule has 4 aromatic rings. The molecule has 1 aromatic heterocycles. The second-order valence-electron chi connectivity index (χ2n) is 5.36. The molecule has 0 bridgehead atoms. The van der Waals surface area contributed by atoms with Crippen LogP contribution in [0.3, 0.4) is 0 Å². The van der Waals surface area contributed by atoms with E-state index < -0.39 is 0 Å². The van der Waals surface area contributed by atoms with Crippen LogP contribution in [0.2, 0.25) is 0 Å². The van der Waals surface area contributed by atoms with Crippen molar-refractivity contribution in [2.45, 2.75) is 0 Å². The zero-order valence-electron chi connectivity index (χ0n) is 12.4. The van der Waals surface area contributed by atoms with Crippen molar-refractivity contribution in [2.24, 2.45) is 0 Å². The van der Waals surface area contributed by atoms with E-state index in [9.17, 15) is 4.79 Å². The van der Waals surface area contributed by atoms with Crippen LogP contribution in [0.1, 0.15) is 0 Å². The lowest BCUT2D eigenvalue weighted by molar-refractivity contribution is 0.621. The van der Waals surface area contributed by atoms with Crippen LogP contribution in [0.25, 0.3) is 33.4 Å². The standard InChI is InChI=1S/C21H14O2/c22-20-17-13-7-8-14-18(17)23-21(16-11-5-2-6-12-16)19(20)15-9-3-1-4-10-15/h1-14H. The summed E-state index contributed by atoms with van der Waals surface area (Å²) < 4.78 is 6.11. The SMILES string of the molecule is O=c1c(-c2ccccc2)c(-c2ccccc2)oc2ccccc12. The van der Waals surface area contributed by atoms with Gasteiger partial charge in [0, 0.05) is 5.56 Å². The van der Waals surface area contributed by atoms with Crippen LogP contribution in [0.15, 0.2) is 94.1 Å². The Morgan fingerprint density at radius 2 is 1.17 bits per heavy atom. The van der Waals surface area contributed by atoms with E-state index in [-0.39, 0.29) is 5.43 Å². The number of benzene rings is 3. The number of hydrogen-bond acceptors (Lipinski definition) is 2. The number of rotatable bonds is 2. The van der Waals surface area contributed by atoms with Crippen molar-refractivity contribution >= 4 is 11.0 Å². The molecule has 0 spiro atoms. The first-order valence-corrected chi connectivity index (χ1v) is 7.51. The summed E-state index contributed by atoms with van der Waals surface area (Å²) in [5.41, 5.74) is 2.98. The van der Waals surface area contributed by atoms with Crippen molar-refractivity contribution in [3.63, 3.8) is 0 Å². The van der Waals surface area contributed by atoms with E-state index in [1.54, 1.807) is 0 Å². The van der Waals surface area contributed by atoms with E-state index >= 15 is 0 Å². The van der Waals surface area contributed by atoms with Gasteiger partial charge in [-0.2, -0.15) is 0 Å². The summed E-state index contributed by atoms with van der Waals surface area (Å²) in [6.45, 7) is 0. The third-order valence-electron chi connectivity index (χ3n) is 3.90.